The zero-order chi connectivity index (χ0) is 23.8. The summed E-state index contributed by atoms with van der Waals surface area (Å²) in [5, 5.41) is 0. The average molecular weight is 459 g/mol. The second kappa shape index (κ2) is 11.7. The third-order valence-corrected chi connectivity index (χ3v) is 6.23. The van der Waals surface area contributed by atoms with Crippen LogP contribution in [0.25, 0.3) is 22.5 Å². The Bertz CT molecular complexity index is 1080. The highest BCUT2D eigenvalue weighted by Crippen LogP contribution is 2.34. The number of benzene rings is 1. The van der Waals surface area contributed by atoms with Crippen LogP contribution in [0.3, 0.4) is 0 Å². The molecule has 0 unspecified atom stereocenters. The van der Waals surface area contributed by atoms with E-state index in [0.717, 1.165) is 85.6 Å². The summed E-state index contributed by atoms with van der Waals surface area (Å²) in [4.78, 5) is 28.4. The van der Waals surface area contributed by atoms with Crippen LogP contribution >= 0.6 is 0 Å². The van der Waals surface area contributed by atoms with E-state index in [1.54, 1.807) is 0 Å². The minimum atomic E-state index is -0.0873. The number of fused-ring (bicyclic) bond motifs is 1. The number of esters is 1. The molecule has 4 rings (SSSR count). The fraction of sp³-hybridized carbons (Fsp3) is 0.429. The number of unbranched alkanes of at least 4 members (excludes halogenated alkanes) is 3. The van der Waals surface area contributed by atoms with Gasteiger partial charge in [0.25, 0.3) is 0 Å². The lowest BCUT2D eigenvalue weighted by Crippen LogP contribution is -2.32. The molecule has 0 atom stereocenters. The van der Waals surface area contributed by atoms with Crippen LogP contribution in [0.4, 0.5) is 5.82 Å². The Morgan fingerprint density at radius 3 is 2.41 bits per heavy atom. The Hall–Kier alpha value is -3.28. The van der Waals surface area contributed by atoms with Crippen molar-refractivity contribution in [3.63, 3.8) is 0 Å². The first-order valence-corrected chi connectivity index (χ1v) is 12.4. The molecule has 1 aliphatic rings. The number of anilines is 1. The van der Waals surface area contributed by atoms with Gasteiger partial charge in [-0.2, -0.15) is 0 Å². The third kappa shape index (κ3) is 5.99. The molecule has 0 aliphatic carbocycles. The quantitative estimate of drug-likeness (QED) is 0.283. The fourth-order valence-corrected chi connectivity index (χ4v) is 4.43. The molecule has 0 fully saturated rings. The van der Waals surface area contributed by atoms with E-state index in [2.05, 4.69) is 41.1 Å². The predicted octanol–water partition coefficient (Wildman–Crippen LogP) is 5.78. The lowest BCUT2D eigenvalue weighted by atomic mass is 10.0. The number of hydrogen-bond donors (Lipinski definition) is 0. The number of hydrogen-bond acceptors (Lipinski definition) is 6. The summed E-state index contributed by atoms with van der Waals surface area (Å²) in [6, 6.07) is 12.5. The first-order chi connectivity index (χ1) is 16.7. The maximum atomic E-state index is 11.5. The molecule has 0 radical (unpaired) electrons. The number of carbonyl (C=O) groups is 1. The van der Waals surface area contributed by atoms with E-state index >= 15 is 0 Å². The Morgan fingerprint density at radius 1 is 0.941 bits per heavy atom. The molecule has 3 aromatic rings. The largest absolute Gasteiger partial charge is 0.466 e. The van der Waals surface area contributed by atoms with Gasteiger partial charge in [0.2, 0.25) is 0 Å². The number of rotatable bonds is 10. The molecule has 0 spiro atoms. The van der Waals surface area contributed by atoms with E-state index in [1.165, 1.54) is 5.56 Å². The Balaban J connectivity index is 1.51. The topological polar surface area (TPSA) is 68.2 Å². The summed E-state index contributed by atoms with van der Waals surface area (Å²) in [7, 11) is 0. The Kier molecular flexibility index (Phi) is 8.23. The lowest BCUT2D eigenvalue weighted by Gasteiger charge is -2.30. The molecule has 6 heteroatoms. The number of aryl methyl sites for hydroxylation is 2. The molecule has 34 heavy (non-hydrogen) atoms. The normalized spacial score (nSPS) is 12.9. The Morgan fingerprint density at radius 2 is 1.65 bits per heavy atom. The SMILES string of the molecule is CCOC(=O)CCCCCCN1CCCc2nc(-c3ccc(C)cc3)c(-c3ccncc3)nc21. The molecular weight excluding hydrogens is 424 g/mol. The van der Waals surface area contributed by atoms with Gasteiger partial charge in [-0.1, -0.05) is 42.7 Å². The van der Waals surface area contributed by atoms with Gasteiger partial charge in [0, 0.05) is 43.0 Å². The molecule has 0 saturated carbocycles. The van der Waals surface area contributed by atoms with E-state index in [-0.39, 0.29) is 5.97 Å². The molecule has 0 bridgehead atoms. The van der Waals surface area contributed by atoms with Crippen molar-refractivity contribution in [1.29, 1.82) is 0 Å². The van der Waals surface area contributed by atoms with Gasteiger partial charge >= 0.3 is 5.97 Å². The molecular formula is C28H34N4O2. The highest BCUT2D eigenvalue weighted by molar-refractivity contribution is 5.79. The second-order valence-electron chi connectivity index (χ2n) is 8.85. The van der Waals surface area contributed by atoms with Crippen LogP contribution < -0.4 is 4.90 Å². The van der Waals surface area contributed by atoms with Gasteiger partial charge in [0.1, 0.15) is 0 Å². The number of pyridine rings is 1. The van der Waals surface area contributed by atoms with Crippen molar-refractivity contribution >= 4 is 11.8 Å². The molecule has 0 amide bonds. The zero-order valence-electron chi connectivity index (χ0n) is 20.3. The lowest BCUT2D eigenvalue weighted by molar-refractivity contribution is -0.143. The molecule has 0 N–H and O–H groups in total. The van der Waals surface area contributed by atoms with Crippen molar-refractivity contribution in [3.05, 3.63) is 60.0 Å². The number of aromatic nitrogens is 3. The van der Waals surface area contributed by atoms with Gasteiger partial charge < -0.3 is 9.64 Å². The van der Waals surface area contributed by atoms with Crippen LogP contribution in [0.5, 0.6) is 0 Å². The van der Waals surface area contributed by atoms with Gasteiger partial charge in [-0.25, -0.2) is 9.97 Å². The zero-order valence-corrected chi connectivity index (χ0v) is 20.3. The van der Waals surface area contributed by atoms with E-state index in [1.807, 2.05) is 31.5 Å². The summed E-state index contributed by atoms with van der Waals surface area (Å²) in [5.74, 6) is 0.927. The van der Waals surface area contributed by atoms with Crippen molar-refractivity contribution in [2.45, 2.75) is 58.8 Å². The maximum absolute atomic E-state index is 11.5. The molecule has 178 valence electrons. The third-order valence-electron chi connectivity index (χ3n) is 6.23. The van der Waals surface area contributed by atoms with Crippen molar-refractivity contribution < 1.29 is 9.53 Å². The van der Waals surface area contributed by atoms with Crippen molar-refractivity contribution in [3.8, 4) is 22.5 Å². The van der Waals surface area contributed by atoms with E-state index < -0.39 is 0 Å². The van der Waals surface area contributed by atoms with Crippen LogP contribution in [-0.4, -0.2) is 40.6 Å². The number of carbonyl (C=O) groups excluding carboxylic acids is 1. The highest BCUT2D eigenvalue weighted by atomic mass is 16.5. The summed E-state index contributed by atoms with van der Waals surface area (Å²) < 4.78 is 5.01. The van der Waals surface area contributed by atoms with Crippen molar-refractivity contribution in [2.75, 3.05) is 24.6 Å². The molecule has 0 saturated heterocycles. The standard InChI is InChI=1S/C28H34N4O2/c1-3-34-25(33)10-6-4-5-7-19-32-20-8-9-24-28(32)31-27(23-15-17-29-18-16-23)26(30-24)22-13-11-21(2)12-14-22/h11-18H,3-10,19-20H2,1-2H3. The van der Waals surface area contributed by atoms with Gasteiger partial charge in [0.15, 0.2) is 5.82 Å². The summed E-state index contributed by atoms with van der Waals surface area (Å²) >= 11 is 0. The first-order valence-electron chi connectivity index (χ1n) is 12.4. The molecule has 1 aromatic carbocycles. The van der Waals surface area contributed by atoms with Gasteiger partial charge in [-0.05, 0) is 51.7 Å². The number of nitrogens with zero attached hydrogens (tertiary/aromatic N) is 4. The van der Waals surface area contributed by atoms with Crippen molar-refractivity contribution in [2.24, 2.45) is 0 Å². The Labute approximate surface area is 202 Å². The molecule has 6 nitrogen and oxygen atoms in total. The van der Waals surface area contributed by atoms with Crippen LogP contribution in [0.15, 0.2) is 48.8 Å². The van der Waals surface area contributed by atoms with Gasteiger partial charge in [0.05, 0.1) is 23.7 Å². The molecule has 1 aliphatic heterocycles. The van der Waals surface area contributed by atoms with E-state index in [0.29, 0.717) is 13.0 Å². The van der Waals surface area contributed by atoms with Gasteiger partial charge in [-0.15, -0.1) is 0 Å². The molecule has 3 heterocycles. The van der Waals surface area contributed by atoms with E-state index in [4.69, 9.17) is 14.7 Å². The van der Waals surface area contributed by atoms with Gasteiger partial charge in [-0.3, -0.25) is 9.78 Å². The summed E-state index contributed by atoms with van der Waals surface area (Å²) in [6.45, 7) is 6.37. The highest BCUT2D eigenvalue weighted by Gasteiger charge is 2.23. The minimum Gasteiger partial charge on any atom is -0.466 e. The smallest absolute Gasteiger partial charge is 0.305 e. The summed E-state index contributed by atoms with van der Waals surface area (Å²) in [5.41, 5.74) is 6.28. The van der Waals surface area contributed by atoms with Crippen molar-refractivity contribution in [1.82, 2.24) is 15.0 Å². The minimum absolute atomic E-state index is 0.0873. The van der Waals surface area contributed by atoms with Crippen LogP contribution in [0.1, 0.15) is 56.7 Å². The van der Waals surface area contributed by atoms with Crippen LogP contribution in [0, 0.1) is 6.92 Å². The molecule has 2 aromatic heterocycles. The van der Waals surface area contributed by atoms with Crippen LogP contribution in [0.2, 0.25) is 0 Å². The first kappa shape index (κ1) is 23.9. The fourth-order valence-electron chi connectivity index (χ4n) is 4.43. The van der Waals surface area contributed by atoms with Crippen LogP contribution in [-0.2, 0) is 16.0 Å². The maximum Gasteiger partial charge on any atom is 0.305 e. The van der Waals surface area contributed by atoms with E-state index in [9.17, 15) is 4.79 Å². The number of ether oxygens (including phenoxy) is 1. The average Bonchev–Trinajstić information content (AvgIpc) is 2.86. The summed E-state index contributed by atoms with van der Waals surface area (Å²) in [6.07, 6.45) is 10.3. The monoisotopic (exact) mass is 458 g/mol. The second-order valence-corrected chi connectivity index (χ2v) is 8.85. The predicted molar refractivity (Wildman–Crippen MR) is 136 cm³/mol.